The van der Waals surface area contributed by atoms with E-state index >= 15 is 0 Å². The van der Waals surface area contributed by atoms with E-state index in [9.17, 15) is 0 Å². The molecule has 0 spiro atoms. The number of rotatable bonds is 3. The highest BCUT2D eigenvalue weighted by molar-refractivity contribution is 5.05. The van der Waals surface area contributed by atoms with Gasteiger partial charge in [0.2, 0.25) is 0 Å². The summed E-state index contributed by atoms with van der Waals surface area (Å²) in [5.41, 5.74) is 0.739. The van der Waals surface area contributed by atoms with Crippen LogP contribution in [-0.4, -0.2) is 15.1 Å². The Kier molecular flexibility index (Phi) is 3.88. The summed E-state index contributed by atoms with van der Waals surface area (Å²) in [5.74, 6) is 2.27. The first-order valence-electron chi connectivity index (χ1n) is 6.26. The molecular formula is C13H20N2O. The van der Waals surface area contributed by atoms with Crippen LogP contribution in [0.25, 0.3) is 0 Å². The second kappa shape index (κ2) is 5.39. The van der Waals surface area contributed by atoms with E-state index in [0.717, 1.165) is 17.4 Å². The van der Waals surface area contributed by atoms with Gasteiger partial charge in [0.25, 0.3) is 0 Å². The highest BCUT2D eigenvalue weighted by atomic mass is 16.3. The Balaban J connectivity index is 2.10. The molecule has 0 aliphatic heterocycles. The molecular weight excluding hydrogens is 200 g/mol. The smallest absolute Gasteiger partial charge is 0.131 e. The predicted molar refractivity (Wildman–Crippen MR) is 62.9 cm³/mol. The van der Waals surface area contributed by atoms with Crippen molar-refractivity contribution in [2.24, 2.45) is 5.92 Å². The Bertz CT molecular complexity index is 340. The maximum Gasteiger partial charge on any atom is 0.131 e. The van der Waals surface area contributed by atoms with Crippen molar-refractivity contribution < 1.29 is 5.11 Å². The lowest BCUT2D eigenvalue weighted by atomic mass is 9.80. The van der Waals surface area contributed by atoms with Crippen molar-refractivity contribution in [3.05, 3.63) is 23.8 Å². The topological polar surface area (TPSA) is 46.0 Å². The average molecular weight is 220 g/mol. The summed E-state index contributed by atoms with van der Waals surface area (Å²) < 4.78 is 0. The monoisotopic (exact) mass is 220 g/mol. The van der Waals surface area contributed by atoms with Crippen LogP contribution in [-0.2, 0) is 6.61 Å². The molecule has 0 aromatic carbocycles. The molecule has 2 atom stereocenters. The molecule has 1 saturated carbocycles. The van der Waals surface area contributed by atoms with Gasteiger partial charge in [0.15, 0.2) is 0 Å². The van der Waals surface area contributed by atoms with Crippen molar-refractivity contribution in [2.45, 2.75) is 51.6 Å². The van der Waals surface area contributed by atoms with Crippen LogP contribution in [0.15, 0.2) is 12.3 Å². The molecule has 0 amide bonds. The summed E-state index contributed by atoms with van der Waals surface area (Å²) in [4.78, 5) is 8.78. The molecule has 1 aromatic heterocycles. The van der Waals surface area contributed by atoms with Crippen LogP contribution in [0, 0.1) is 5.92 Å². The molecule has 1 fully saturated rings. The van der Waals surface area contributed by atoms with Gasteiger partial charge in [0.1, 0.15) is 5.82 Å². The van der Waals surface area contributed by atoms with E-state index in [2.05, 4.69) is 16.9 Å². The van der Waals surface area contributed by atoms with Crippen LogP contribution in [0.3, 0.4) is 0 Å². The second-order valence-corrected chi connectivity index (χ2v) is 4.70. The largest absolute Gasteiger partial charge is 0.390 e. The molecule has 1 heterocycles. The van der Waals surface area contributed by atoms with E-state index in [0.29, 0.717) is 5.92 Å². The zero-order valence-electron chi connectivity index (χ0n) is 9.89. The Labute approximate surface area is 96.9 Å². The summed E-state index contributed by atoms with van der Waals surface area (Å²) in [5, 5.41) is 9.07. The lowest BCUT2D eigenvalue weighted by molar-refractivity contribution is 0.273. The number of aliphatic hydroxyl groups excluding tert-OH is 1. The molecule has 3 heteroatoms. The normalized spacial score (nSPS) is 25.6. The molecule has 16 heavy (non-hydrogen) atoms. The van der Waals surface area contributed by atoms with Crippen LogP contribution >= 0.6 is 0 Å². The molecule has 1 aliphatic carbocycles. The lowest BCUT2D eigenvalue weighted by Gasteiger charge is -2.27. The summed E-state index contributed by atoms with van der Waals surface area (Å²) in [7, 11) is 0. The summed E-state index contributed by atoms with van der Waals surface area (Å²) in [6.45, 7) is 2.28. The van der Waals surface area contributed by atoms with Crippen LogP contribution in [0.4, 0.5) is 0 Å². The van der Waals surface area contributed by atoms with Crippen molar-refractivity contribution >= 4 is 0 Å². The van der Waals surface area contributed by atoms with Crippen molar-refractivity contribution in [3.63, 3.8) is 0 Å². The summed E-state index contributed by atoms with van der Waals surface area (Å²) in [6, 6.07) is 1.78. The van der Waals surface area contributed by atoms with Gasteiger partial charge in [-0.25, -0.2) is 9.97 Å². The third-order valence-corrected chi connectivity index (χ3v) is 3.62. The van der Waals surface area contributed by atoms with Gasteiger partial charge in [-0.3, -0.25) is 0 Å². The van der Waals surface area contributed by atoms with E-state index in [1.807, 2.05) is 0 Å². The standard InChI is InChI=1S/C13H20N2O/c1-2-10-4-3-5-11(8-10)13-14-7-6-12(9-16)15-13/h6-7,10-11,16H,2-5,8-9H2,1H3. The molecule has 0 saturated heterocycles. The zero-order chi connectivity index (χ0) is 11.4. The Morgan fingerprint density at radius 1 is 1.44 bits per heavy atom. The minimum absolute atomic E-state index is 0.0133. The van der Waals surface area contributed by atoms with Crippen LogP contribution in [0.1, 0.15) is 56.5 Å². The second-order valence-electron chi connectivity index (χ2n) is 4.70. The number of aliphatic hydroxyl groups is 1. The van der Waals surface area contributed by atoms with Crippen molar-refractivity contribution in [3.8, 4) is 0 Å². The van der Waals surface area contributed by atoms with Crippen LogP contribution in [0.2, 0.25) is 0 Å². The lowest BCUT2D eigenvalue weighted by Crippen LogP contribution is -2.16. The van der Waals surface area contributed by atoms with Crippen molar-refractivity contribution in [1.29, 1.82) is 0 Å². The summed E-state index contributed by atoms with van der Waals surface area (Å²) >= 11 is 0. The van der Waals surface area contributed by atoms with Crippen molar-refractivity contribution in [1.82, 2.24) is 9.97 Å². The maximum absolute atomic E-state index is 9.07. The first-order valence-corrected chi connectivity index (χ1v) is 6.26. The van der Waals surface area contributed by atoms with Crippen LogP contribution < -0.4 is 0 Å². The fraction of sp³-hybridized carbons (Fsp3) is 0.692. The fourth-order valence-corrected chi connectivity index (χ4v) is 2.59. The van der Waals surface area contributed by atoms with Gasteiger partial charge in [-0.05, 0) is 24.8 Å². The molecule has 1 aliphatic rings. The third-order valence-electron chi connectivity index (χ3n) is 3.62. The summed E-state index contributed by atoms with van der Waals surface area (Å²) in [6.07, 6.45) is 8.08. The van der Waals surface area contributed by atoms with E-state index in [-0.39, 0.29) is 6.61 Å². The molecule has 0 bridgehead atoms. The SMILES string of the molecule is CCC1CCCC(c2nccc(CO)n2)C1. The number of aromatic nitrogens is 2. The third kappa shape index (κ3) is 2.59. The highest BCUT2D eigenvalue weighted by Crippen LogP contribution is 2.35. The molecule has 1 N–H and O–H groups in total. The van der Waals surface area contributed by atoms with Crippen molar-refractivity contribution in [2.75, 3.05) is 0 Å². The number of hydrogen-bond donors (Lipinski definition) is 1. The molecule has 0 radical (unpaired) electrons. The van der Waals surface area contributed by atoms with E-state index in [4.69, 9.17) is 5.11 Å². The Morgan fingerprint density at radius 3 is 3.06 bits per heavy atom. The van der Waals surface area contributed by atoms with Gasteiger partial charge in [-0.1, -0.05) is 26.2 Å². The minimum atomic E-state index is 0.0133. The molecule has 2 unspecified atom stereocenters. The minimum Gasteiger partial charge on any atom is -0.390 e. The molecule has 88 valence electrons. The van der Waals surface area contributed by atoms with Gasteiger partial charge in [-0.2, -0.15) is 0 Å². The average Bonchev–Trinajstić information content (AvgIpc) is 2.39. The first kappa shape index (κ1) is 11.5. The number of hydrogen-bond acceptors (Lipinski definition) is 3. The Morgan fingerprint density at radius 2 is 2.31 bits per heavy atom. The van der Waals surface area contributed by atoms with Gasteiger partial charge in [-0.15, -0.1) is 0 Å². The van der Waals surface area contributed by atoms with Gasteiger partial charge in [0.05, 0.1) is 12.3 Å². The highest BCUT2D eigenvalue weighted by Gasteiger charge is 2.23. The predicted octanol–water partition coefficient (Wildman–Crippen LogP) is 2.65. The molecule has 2 rings (SSSR count). The number of nitrogens with zero attached hydrogens (tertiary/aromatic N) is 2. The van der Waals surface area contributed by atoms with Gasteiger partial charge in [0, 0.05) is 12.1 Å². The van der Waals surface area contributed by atoms with Gasteiger partial charge >= 0.3 is 0 Å². The zero-order valence-corrected chi connectivity index (χ0v) is 9.89. The molecule has 3 nitrogen and oxygen atoms in total. The Hall–Kier alpha value is -0.960. The van der Waals surface area contributed by atoms with E-state index in [1.54, 1.807) is 12.3 Å². The first-order chi connectivity index (χ1) is 7.83. The van der Waals surface area contributed by atoms with Crippen LogP contribution in [0.5, 0.6) is 0 Å². The molecule has 1 aromatic rings. The quantitative estimate of drug-likeness (QED) is 0.851. The van der Waals surface area contributed by atoms with E-state index in [1.165, 1.54) is 32.1 Å². The maximum atomic E-state index is 9.07. The fourth-order valence-electron chi connectivity index (χ4n) is 2.59. The van der Waals surface area contributed by atoms with Gasteiger partial charge < -0.3 is 5.11 Å². The van der Waals surface area contributed by atoms with E-state index < -0.39 is 0 Å².